The van der Waals surface area contributed by atoms with E-state index in [2.05, 4.69) is 0 Å². The van der Waals surface area contributed by atoms with Crippen molar-refractivity contribution in [3.05, 3.63) is 29.6 Å². The standard InChI is InChI=1S/C12H15FO4/c1-3-12(2,16)7-17-10-8(11(14)15)5-4-6-9(10)13/h4-6,16H,3,7H2,1-2H3,(H,14,15). The predicted octanol–water partition coefficient (Wildman–Crippen LogP) is 2.06. The van der Waals surface area contributed by atoms with Crippen LogP contribution in [0.4, 0.5) is 4.39 Å². The van der Waals surface area contributed by atoms with E-state index in [0.717, 1.165) is 6.07 Å². The monoisotopic (exact) mass is 242 g/mol. The minimum absolute atomic E-state index is 0.162. The summed E-state index contributed by atoms with van der Waals surface area (Å²) in [5.74, 6) is -2.36. The lowest BCUT2D eigenvalue weighted by molar-refractivity contribution is 0.00672. The third-order valence-electron chi connectivity index (χ3n) is 2.49. The van der Waals surface area contributed by atoms with Crippen LogP contribution >= 0.6 is 0 Å². The molecule has 0 heterocycles. The number of benzene rings is 1. The molecule has 17 heavy (non-hydrogen) atoms. The number of aromatic carboxylic acids is 1. The van der Waals surface area contributed by atoms with Gasteiger partial charge in [-0.2, -0.15) is 0 Å². The van der Waals surface area contributed by atoms with Gasteiger partial charge in [-0.3, -0.25) is 0 Å². The van der Waals surface area contributed by atoms with Gasteiger partial charge in [0, 0.05) is 0 Å². The largest absolute Gasteiger partial charge is 0.487 e. The highest BCUT2D eigenvalue weighted by Crippen LogP contribution is 2.24. The Balaban J connectivity index is 2.94. The number of rotatable bonds is 5. The van der Waals surface area contributed by atoms with E-state index in [0.29, 0.717) is 6.42 Å². The van der Waals surface area contributed by atoms with Crippen molar-refractivity contribution < 1.29 is 24.1 Å². The highest BCUT2D eigenvalue weighted by molar-refractivity contribution is 5.90. The molecule has 94 valence electrons. The molecule has 0 aromatic heterocycles. The van der Waals surface area contributed by atoms with Crippen molar-refractivity contribution in [1.29, 1.82) is 0 Å². The van der Waals surface area contributed by atoms with Gasteiger partial charge in [-0.1, -0.05) is 13.0 Å². The van der Waals surface area contributed by atoms with Crippen LogP contribution in [0.15, 0.2) is 18.2 Å². The van der Waals surface area contributed by atoms with Gasteiger partial charge in [0.05, 0.1) is 5.60 Å². The quantitative estimate of drug-likeness (QED) is 0.829. The molecule has 0 bridgehead atoms. The van der Waals surface area contributed by atoms with Gasteiger partial charge in [0.15, 0.2) is 11.6 Å². The molecule has 0 aliphatic rings. The Kier molecular flexibility index (Phi) is 4.07. The van der Waals surface area contributed by atoms with E-state index in [-0.39, 0.29) is 17.9 Å². The van der Waals surface area contributed by atoms with Gasteiger partial charge in [-0.25, -0.2) is 9.18 Å². The average molecular weight is 242 g/mol. The minimum Gasteiger partial charge on any atom is -0.487 e. The van der Waals surface area contributed by atoms with Gasteiger partial charge in [0.1, 0.15) is 12.2 Å². The number of carbonyl (C=O) groups is 1. The van der Waals surface area contributed by atoms with Gasteiger partial charge in [0.25, 0.3) is 0 Å². The zero-order valence-corrected chi connectivity index (χ0v) is 9.74. The number of para-hydroxylation sites is 1. The summed E-state index contributed by atoms with van der Waals surface area (Å²) in [6.07, 6.45) is 0.420. The van der Waals surface area contributed by atoms with Crippen LogP contribution in [0.2, 0.25) is 0 Å². The van der Waals surface area contributed by atoms with Crippen molar-refractivity contribution in [1.82, 2.24) is 0 Å². The van der Waals surface area contributed by atoms with Crippen molar-refractivity contribution in [3.8, 4) is 5.75 Å². The summed E-state index contributed by atoms with van der Waals surface area (Å²) in [5, 5.41) is 18.6. The third kappa shape index (κ3) is 3.42. The maximum Gasteiger partial charge on any atom is 0.339 e. The number of carboxylic acids is 1. The molecule has 1 atom stereocenters. The van der Waals surface area contributed by atoms with E-state index < -0.39 is 17.4 Å². The lowest BCUT2D eigenvalue weighted by Gasteiger charge is -2.22. The van der Waals surface area contributed by atoms with Crippen molar-refractivity contribution >= 4 is 5.97 Å². The summed E-state index contributed by atoms with van der Waals surface area (Å²) in [7, 11) is 0. The second-order valence-electron chi connectivity index (χ2n) is 4.06. The Bertz CT molecular complexity index is 415. The molecule has 1 unspecified atom stereocenters. The second-order valence-corrected chi connectivity index (χ2v) is 4.06. The summed E-state index contributed by atoms with van der Waals surface area (Å²) in [6.45, 7) is 3.13. The zero-order chi connectivity index (χ0) is 13.1. The third-order valence-corrected chi connectivity index (χ3v) is 2.49. The van der Waals surface area contributed by atoms with E-state index in [1.54, 1.807) is 6.92 Å². The molecule has 1 rings (SSSR count). The molecule has 0 amide bonds. The smallest absolute Gasteiger partial charge is 0.339 e. The molecular weight excluding hydrogens is 227 g/mol. The Morgan fingerprint density at radius 2 is 2.18 bits per heavy atom. The molecule has 5 heteroatoms. The van der Waals surface area contributed by atoms with Crippen LogP contribution in [0.3, 0.4) is 0 Å². The molecule has 1 aromatic rings. The van der Waals surface area contributed by atoms with E-state index >= 15 is 0 Å². The van der Waals surface area contributed by atoms with Crippen molar-refractivity contribution in [3.63, 3.8) is 0 Å². The number of hydrogen-bond acceptors (Lipinski definition) is 3. The van der Waals surface area contributed by atoms with E-state index in [4.69, 9.17) is 9.84 Å². The van der Waals surface area contributed by atoms with Crippen molar-refractivity contribution in [2.75, 3.05) is 6.61 Å². The van der Waals surface area contributed by atoms with Crippen LogP contribution in [0, 0.1) is 5.82 Å². The maximum absolute atomic E-state index is 13.4. The average Bonchev–Trinajstić information content (AvgIpc) is 2.27. The lowest BCUT2D eigenvalue weighted by Crippen LogP contribution is -2.31. The number of hydrogen-bond donors (Lipinski definition) is 2. The first-order chi connectivity index (χ1) is 7.87. The van der Waals surface area contributed by atoms with Crippen LogP contribution in [0.5, 0.6) is 5.75 Å². The molecule has 0 fully saturated rings. The van der Waals surface area contributed by atoms with Crippen molar-refractivity contribution in [2.45, 2.75) is 25.9 Å². The molecule has 1 aromatic carbocycles. The highest BCUT2D eigenvalue weighted by atomic mass is 19.1. The fraction of sp³-hybridized carbons (Fsp3) is 0.417. The molecule has 4 nitrogen and oxygen atoms in total. The van der Waals surface area contributed by atoms with Crippen LogP contribution in [0.1, 0.15) is 30.6 Å². The Hall–Kier alpha value is -1.62. The topological polar surface area (TPSA) is 66.8 Å². The normalized spacial score (nSPS) is 14.1. The predicted molar refractivity (Wildman–Crippen MR) is 59.8 cm³/mol. The van der Waals surface area contributed by atoms with Gasteiger partial charge < -0.3 is 14.9 Å². The van der Waals surface area contributed by atoms with Crippen LogP contribution in [-0.4, -0.2) is 28.4 Å². The lowest BCUT2D eigenvalue weighted by atomic mass is 10.1. The molecular formula is C12H15FO4. The zero-order valence-electron chi connectivity index (χ0n) is 9.74. The van der Waals surface area contributed by atoms with Crippen LogP contribution < -0.4 is 4.74 Å². The van der Waals surface area contributed by atoms with Crippen LogP contribution in [0.25, 0.3) is 0 Å². The van der Waals surface area contributed by atoms with Gasteiger partial charge in [-0.05, 0) is 25.5 Å². The second kappa shape index (κ2) is 5.14. The summed E-state index contributed by atoms with van der Waals surface area (Å²) >= 11 is 0. The van der Waals surface area contributed by atoms with Gasteiger partial charge in [0.2, 0.25) is 0 Å². The molecule has 0 aliphatic heterocycles. The molecule has 2 N–H and O–H groups in total. The van der Waals surface area contributed by atoms with E-state index in [9.17, 15) is 14.3 Å². The molecule has 0 radical (unpaired) electrons. The summed E-state index contributed by atoms with van der Waals surface area (Å²) in [5.41, 5.74) is -1.37. The van der Waals surface area contributed by atoms with Gasteiger partial charge in [-0.15, -0.1) is 0 Å². The summed E-state index contributed by atoms with van der Waals surface area (Å²) < 4.78 is 18.5. The number of aliphatic hydroxyl groups is 1. The maximum atomic E-state index is 13.4. The minimum atomic E-state index is -1.27. The fourth-order valence-electron chi connectivity index (χ4n) is 1.15. The Morgan fingerprint density at radius 1 is 1.53 bits per heavy atom. The van der Waals surface area contributed by atoms with Crippen LogP contribution in [-0.2, 0) is 0 Å². The Morgan fingerprint density at radius 3 is 2.71 bits per heavy atom. The SMILES string of the molecule is CCC(C)(O)COc1c(F)cccc1C(=O)O. The van der Waals surface area contributed by atoms with Gasteiger partial charge >= 0.3 is 5.97 Å². The highest BCUT2D eigenvalue weighted by Gasteiger charge is 2.22. The summed E-state index contributed by atoms with van der Waals surface area (Å²) in [4.78, 5) is 10.9. The Labute approximate surface area is 98.7 Å². The van der Waals surface area contributed by atoms with E-state index in [1.807, 2.05) is 0 Å². The molecule has 0 aliphatic carbocycles. The summed E-state index contributed by atoms with van der Waals surface area (Å²) in [6, 6.07) is 3.66. The fourth-order valence-corrected chi connectivity index (χ4v) is 1.15. The number of carboxylic acid groups (broad SMARTS) is 1. The first kappa shape index (κ1) is 13.4. The first-order valence-corrected chi connectivity index (χ1v) is 5.24. The first-order valence-electron chi connectivity index (χ1n) is 5.24. The number of ether oxygens (including phenoxy) is 1. The molecule has 0 spiro atoms. The molecule has 0 saturated carbocycles. The van der Waals surface area contributed by atoms with E-state index in [1.165, 1.54) is 19.1 Å². The van der Waals surface area contributed by atoms with Crippen molar-refractivity contribution in [2.24, 2.45) is 0 Å². The molecule has 0 saturated heterocycles. The number of halogens is 1.